The fourth-order valence-electron chi connectivity index (χ4n) is 1.95. The maximum Gasteiger partial charge on any atom is 0.306 e. The predicted molar refractivity (Wildman–Crippen MR) is 71.3 cm³/mol. The van der Waals surface area contributed by atoms with Gasteiger partial charge in [-0.25, -0.2) is 0 Å². The van der Waals surface area contributed by atoms with Gasteiger partial charge in [0.1, 0.15) is 0 Å². The zero-order valence-corrected chi connectivity index (χ0v) is 12.2. The first-order valence-electron chi connectivity index (χ1n) is 6.52. The van der Waals surface area contributed by atoms with Crippen LogP contribution in [-0.4, -0.2) is 61.5 Å². The monoisotopic (exact) mass is 258 g/mol. The Morgan fingerprint density at radius 3 is 2.22 bits per heavy atom. The molecular weight excluding hydrogens is 232 g/mol. The zero-order chi connectivity index (χ0) is 14.1. The highest BCUT2D eigenvalue weighted by Crippen LogP contribution is 2.05. The van der Waals surface area contributed by atoms with Crippen molar-refractivity contribution in [2.45, 2.75) is 39.7 Å². The van der Waals surface area contributed by atoms with E-state index in [0.29, 0.717) is 13.2 Å². The highest BCUT2D eigenvalue weighted by atomic mass is 16.5. The SMILES string of the molecule is CCOC(=O)CCC(=O)N(CC)C(C)CN(C)C. The van der Waals surface area contributed by atoms with Crippen molar-refractivity contribution < 1.29 is 14.3 Å². The van der Waals surface area contributed by atoms with E-state index in [2.05, 4.69) is 0 Å². The van der Waals surface area contributed by atoms with Crippen molar-refractivity contribution in [2.75, 3.05) is 33.8 Å². The zero-order valence-electron chi connectivity index (χ0n) is 12.2. The van der Waals surface area contributed by atoms with Crippen molar-refractivity contribution in [1.82, 2.24) is 9.80 Å². The molecule has 106 valence electrons. The van der Waals surface area contributed by atoms with Crippen LogP contribution < -0.4 is 0 Å². The summed E-state index contributed by atoms with van der Waals surface area (Å²) in [6.45, 7) is 7.58. The van der Waals surface area contributed by atoms with Gasteiger partial charge in [0, 0.05) is 25.6 Å². The van der Waals surface area contributed by atoms with E-state index in [-0.39, 0.29) is 30.8 Å². The molecule has 18 heavy (non-hydrogen) atoms. The van der Waals surface area contributed by atoms with Crippen LogP contribution >= 0.6 is 0 Å². The lowest BCUT2D eigenvalue weighted by molar-refractivity contribution is -0.146. The second-order valence-corrected chi connectivity index (χ2v) is 4.60. The maximum absolute atomic E-state index is 12.0. The van der Waals surface area contributed by atoms with Crippen LogP contribution in [0.15, 0.2) is 0 Å². The number of esters is 1. The summed E-state index contributed by atoms with van der Waals surface area (Å²) in [5.74, 6) is -0.290. The van der Waals surface area contributed by atoms with Crippen molar-refractivity contribution >= 4 is 11.9 Å². The van der Waals surface area contributed by atoms with Crippen LogP contribution in [0.1, 0.15) is 33.6 Å². The first-order valence-corrected chi connectivity index (χ1v) is 6.52. The minimum absolute atomic E-state index is 0.0138. The van der Waals surface area contributed by atoms with Gasteiger partial charge in [-0.3, -0.25) is 9.59 Å². The highest BCUT2D eigenvalue weighted by molar-refractivity contribution is 5.81. The molecule has 0 aromatic rings. The molecule has 0 radical (unpaired) electrons. The van der Waals surface area contributed by atoms with Crippen LogP contribution in [0, 0.1) is 0 Å². The number of rotatable bonds is 8. The molecule has 0 rings (SSSR count). The second kappa shape index (κ2) is 8.91. The molecule has 0 spiro atoms. The third-order valence-corrected chi connectivity index (χ3v) is 2.67. The number of ether oxygens (including phenoxy) is 1. The molecule has 0 aliphatic heterocycles. The third kappa shape index (κ3) is 6.59. The molecule has 0 bridgehead atoms. The minimum Gasteiger partial charge on any atom is -0.466 e. The number of carbonyl (C=O) groups is 2. The van der Waals surface area contributed by atoms with Crippen molar-refractivity contribution in [3.63, 3.8) is 0 Å². The normalized spacial score (nSPS) is 12.3. The first kappa shape index (κ1) is 16.9. The van der Waals surface area contributed by atoms with E-state index in [1.807, 2.05) is 32.8 Å². The molecule has 1 atom stereocenters. The lowest BCUT2D eigenvalue weighted by Crippen LogP contribution is -2.43. The second-order valence-electron chi connectivity index (χ2n) is 4.60. The number of likely N-dealkylation sites (N-methyl/N-ethyl adjacent to an activating group) is 2. The molecule has 5 nitrogen and oxygen atoms in total. The van der Waals surface area contributed by atoms with Crippen LogP contribution in [0.4, 0.5) is 0 Å². The molecule has 0 saturated heterocycles. The Morgan fingerprint density at radius 1 is 1.17 bits per heavy atom. The number of nitrogens with zero attached hydrogens (tertiary/aromatic N) is 2. The Hall–Kier alpha value is -1.10. The average Bonchev–Trinajstić information content (AvgIpc) is 2.26. The largest absolute Gasteiger partial charge is 0.466 e. The summed E-state index contributed by atoms with van der Waals surface area (Å²) in [6.07, 6.45) is 0.391. The van der Waals surface area contributed by atoms with Gasteiger partial charge in [-0.05, 0) is 34.9 Å². The summed E-state index contributed by atoms with van der Waals surface area (Å²) >= 11 is 0. The van der Waals surface area contributed by atoms with E-state index in [1.54, 1.807) is 11.8 Å². The van der Waals surface area contributed by atoms with Crippen molar-refractivity contribution in [3.05, 3.63) is 0 Å². The van der Waals surface area contributed by atoms with Gasteiger partial charge < -0.3 is 14.5 Å². The van der Waals surface area contributed by atoms with E-state index in [9.17, 15) is 9.59 Å². The Balaban J connectivity index is 4.22. The van der Waals surface area contributed by atoms with Gasteiger partial charge in [0.2, 0.25) is 5.91 Å². The van der Waals surface area contributed by atoms with Crippen LogP contribution in [0.25, 0.3) is 0 Å². The molecule has 0 aromatic carbocycles. The first-order chi connectivity index (χ1) is 8.42. The molecular formula is C13H26N2O3. The van der Waals surface area contributed by atoms with Gasteiger partial charge in [-0.15, -0.1) is 0 Å². The van der Waals surface area contributed by atoms with Gasteiger partial charge in [0.05, 0.1) is 13.0 Å². The van der Waals surface area contributed by atoms with Crippen LogP contribution in [0.2, 0.25) is 0 Å². The summed E-state index contributed by atoms with van der Waals surface area (Å²) < 4.78 is 4.81. The number of amides is 1. The summed E-state index contributed by atoms with van der Waals surface area (Å²) in [7, 11) is 3.96. The molecule has 0 heterocycles. The Kier molecular flexibility index (Phi) is 8.37. The topological polar surface area (TPSA) is 49.9 Å². The lowest BCUT2D eigenvalue weighted by Gasteiger charge is -2.30. The van der Waals surface area contributed by atoms with Crippen LogP contribution in [0.3, 0.4) is 0 Å². The fraction of sp³-hybridized carbons (Fsp3) is 0.846. The number of hydrogen-bond acceptors (Lipinski definition) is 4. The van der Waals surface area contributed by atoms with Crippen molar-refractivity contribution in [3.8, 4) is 0 Å². The van der Waals surface area contributed by atoms with E-state index >= 15 is 0 Å². The van der Waals surface area contributed by atoms with E-state index in [0.717, 1.165) is 6.54 Å². The molecule has 0 aliphatic rings. The maximum atomic E-state index is 12.0. The van der Waals surface area contributed by atoms with Gasteiger partial charge in [-0.2, -0.15) is 0 Å². The molecule has 0 N–H and O–H groups in total. The summed E-state index contributed by atoms with van der Waals surface area (Å²) in [4.78, 5) is 27.1. The summed E-state index contributed by atoms with van der Waals surface area (Å²) in [5.41, 5.74) is 0. The van der Waals surface area contributed by atoms with Crippen LogP contribution in [0.5, 0.6) is 0 Å². The number of hydrogen-bond donors (Lipinski definition) is 0. The predicted octanol–water partition coefficient (Wildman–Crippen LogP) is 1.13. The molecule has 5 heteroatoms. The molecule has 1 amide bonds. The third-order valence-electron chi connectivity index (χ3n) is 2.67. The van der Waals surface area contributed by atoms with E-state index in [1.165, 1.54) is 0 Å². The molecule has 0 aromatic heterocycles. The number of carbonyl (C=O) groups excluding carboxylic acids is 2. The molecule has 0 saturated carbocycles. The molecule has 1 unspecified atom stereocenters. The van der Waals surface area contributed by atoms with Gasteiger partial charge in [0.15, 0.2) is 0 Å². The van der Waals surface area contributed by atoms with E-state index < -0.39 is 0 Å². The molecule has 0 fully saturated rings. The Labute approximate surface area is 110 Å². The average molecular weight is 258 g/mol. The Bertz CT molecular complexity index is 267. The lowest BCUT2D eigenvalue weighted by atomic mass is 10.2. The van der Waals surface area contributed by atoms with Crippen LogP contribution in [-0.2, 0) is 14.3 Å². The summed E-state index contributed by atoms with van der Waals surface area (Å²) in [6, 6.07) is 0.152. The Morgan fingerprint density at radius 2 is 1.78 bits per heavy atom. The standard InChI is InChI=1S/C13H26N2O3/c1-6-15(11(3)10-14(4)5)12(16)8-9-13(17)18-7-2/h11H,6-10H2,1-5H3. The minimum atomic E-state index is -0.304. The quantitative estimate of drug-likeness (QED) is 0.612. The van der Waals surface area contributed by atoms with Crippen molar-refractivity contribution in [2.24, 2.45) is 0 Å². The van der Waals surface area contributed by atoms with E-state index in [4.69, 9.17) is 4.74 Å². The highest BCUT2D eigenvalue weighted by Gasteiger charge is 2.19. The smallest absolute Gasteiger partial charge is 0.306 e. The van der Waals surface area contributed by atoms with Gasteiger partial charge >= 0.3 is 5.97 Å². The summed E-state index contributed by atoms with van der Waals surface area (Å²) in [5, 5.41) is 0. The fourth-order valence-corrected chi connectivity index (χ4v) is 1.95. The van der Waals surface area contributed by atoms with Crippen molar-refractivity contribution in [1.29, 1.82) is 0 Å². The van der Waals surface area contributed by atoms with Gasteiger partial charge in [-0.1, -0.05) is 0 Å². The van der Waals surface area contributed by atoms with Gasteiger partial charge in [0.25, 0.3) is 0 Å². The molecule has 0 aliphatic carbocycles.